The predicted octanol–water partition coefficient (Wildman–Crippen LogP) is 3.24. The van der Waals surface area contributed by atoms with E-state index in [1.165, 1.54) is 0 Å². The van der Waals surface area contributed by atoms with Crippen molar-refractivity contribution in [1.29, 1.82) is 0 Å². The van der Waals surface area contributed by atoms with Crippen molar-refractivity contribution in [1.82, 2.24) is 4.90 Å². The van der Waals surface area contributed by atoms with Crippen molar-refractivity contribution in [3.63, 3.8) is 0 Å². The average molecular weight is 356 g/mol. The fourth-order valence-electron chi connectivity index (χ4n) is 2.86. The maximum atomic E-state index is 12.5. The topological polar surface area (TPSA) is 59.0 Å². The number of fused-ring (bicyclic) bond motifs is 1. The lowest BCUT2D eigenvalue weighted by Gasteiger charge is -2.37. The first kappa shape index (κ1) is 17.5. The second-order valence-corrected chi connectivity index (χ2v) is 6.75. The molecular formula is C19H20N2O3S. The van der Waals surface area contributed by atoms with Crippen molar-refractivity contribution in [2.45, 2.75) is 26.3 Å². The molecule has 0 N–H and O–H groups in total. The van der Waals surface area contributed by atoms with Gasteiger partial charge < -0.3 is 4.74 Å². The first-order chi connectivity index (χ1) is 12.1. The average Bonchev–Trinajstić information content (AvgIpc) is 2.60. The number of amidine groups is 1. The zero-order chi connectivity index (χ0) is 17.8. The summed E-state index contributed by atoms with van der Waals surface area (Å²) in [5.74, 6) is 0.272. The van der Waals surface area contributed by atoms with Crippen LogP contribution in [0.5, 0.6) is 0 Å². The van der Waals surface area contributed by atoms with Crippen LogP contribution in [0, 0.1) is 0 Å². The highest BCUT2D eigenvalue weighted by Crippen LogP contribution is 2.32. The van der Waals surface area contributed by atoms with Crippen LogP contribution in [0.3, 0.4) is 0 Å². The van der Waals surface area contributed by atoms with E-state index in [1.54, 1.807) is 30.5 Å². The largest absolute Gasteiger partial charge is 0.463 e. The van der Waals surface area contributed by atoms with Crippen LogP contribution in [0.2, 0.25) is 0 Å². The molecule has 1 saturated heterocycles. The van der Waals surface area contributed by atoms with Gasteiger partial charge in [-0.1, -0.05) is 54.2 Å². The quantitative estimate of drug-likeness (QED) is 0.777. The molecule has 3 rings (SSSR count). The first-order valence-electron chi connectivity index (χ1n) is 8.26. The number of allylic oxidation sites excluding steroid dienone is 1. The molecule has 1 aromatic carbocycles. The first-order valence-corrected chi connectivity index (χ1v) is 9.25. The van der Waals surface area contributed by atoms with E-state index in [1.807, 2.05) is 42.5 Å². The number of hydrogen-bond acceptors (Lipinski definition) is 5. The van der Waals surface area contributed by atoms with Gasteiger partial charge in [0, 0.05) is 12.2 Å². The van der Waals surface area contributed by atoms with Crippen molar-refractivity contribution in [2.24, 2.45) is 4.99 Å². The summed E-state index contributed by atoms with van der Waals surface area (Å²) in [7, 11) is 0. The summed E-state index contributed by atoms with van der Waals surface area (Å²) >= 11 is 1.54. The van der Waals surface area contributed by atoms with Gasteiger partial charge in [0.25, 0.3) is 0 Å². The third-order valence-corrected chi connectivity index (χ3v) is 4.97. The number of thioether (sulfide) groups is 1. The molecule has 0 unspecified atom stereocenters. The lowest BCUT2D eigenvalue weighted by Crippen LogP contribution is -2.49. The Morgan fingerprint density at radius 2 is 2.16 bits per heavy atom. The van der Waals surface area contributed by atoms with Crippen LogP contribution in [0.25, 0.3) is 6.08 Å². The van der Waals surface area contributed by atoms with Gasteiger partial charge in [0.2, 0.25) is 5.91 Å². The summed E-state index contributed by atoms with van der Waals surface area (Å²) in [5.41, 5.74) is 2.03. The fraction of sp³-hybridized carbons (Fsp3) is 0.316. The molecule has 2 aliphatic heterocycles. The Bertz CT molecular complexity index is 768. The maximum Gasteiger partial charge on any atom is 0.338 e. The Morgan fingerprint density at radius 3 is 2.88 bits per heavy atom. The van der Waals surface area contributed by atoms with Crippen LogP contribution in [0.15, 0.2) is 52.7 Å². The highest BCUT2D eigenvalue weighted by molar-refractivity contribution is 8.14. The van der Waals surface area contributed by atoms with Crippen molar-refractivity contribution in [3.05, 3.63) is 53.2 Å². The van der Waals surface area contributed by atoms with Gasteiger partial charge in [0.05, 0.1) is 23.9 Å². The molecule has 1 atom stereocenters. The molecule has 0 bridgehead atoms. The molecule has 130 valence electrons. The zero-order valence-corrected chi connectivity index (χ0v) is 15.1. The van der Waals surface area contributed by atoms with E-state index in [2.05, 4.69) is 4.99 Å². The Hall–Kier alpha value is -2.34. The van der Waals surface area contributed by atoms with E-state index < -0.39 is 12.0 Å². The number of amides is 1. The lowest BCUT2D eigenvalue weighted by atomic mass is 10.00. The van der Waals surface area contributed by atoms with Gasteiger partial charge in [0.15, 0.2) is 5.17 Å². The van der Waals surface area contributed by atoms with E-state index in [9.17, 15) is 9.59 Å². The van der Waals surface area contributed by atoms with Crippen molar-refractivity contribution < 1.29 is 14.3 Å². The molecule has 1 amide bonds. The second-order valence-electron chi connectivity index (χ2n) is 5.69. The van der Waals surface area contributed by atoms with Crippen molar-refractivity contribution >= 4 is 34.9 Å². The molecule has 0 saturated carbocycles. The number of hydrogen-bond donors (Lipinski definition) is 0. The molecule has 0 radical (unpaired) electrons. The van der Waals surface area contributed by atoms with Crippen LogP contribution >= 0.6 is 11.8 Å². The highest BCUT2D eigenvalue weighted by atomic mass is 32.2. The molecule has 25 heavy (non-hydrogen) atoms. The van der Waals surface area contributed by atoms with Crippen molar-refractivity contribution in [2.75, 3.05) is 12.4 Å². The lowest BCUT2D eigenvalue weighted by molar-refractivity contribution is -0.139. The normalized spacial score (nSPS) is 20.6. The highest BCUT2D eigenvalue weighted by Gasteiger charge is 2.39. The summed E-state index contributed by atoms with van der Waals surface area (Å²) in [4.78, 5) is 31.1. The number of benzene rings is 1. The molecule has 5 nitrogen and oxygen atoms in total. The minimum atomic E-state index is -0.493. The number of carbonyl (C=O) groups is 2. The third kappa shape index (κ3) is 3.69. The minimum absolute atomic E-state index is 0.0190. The number of nitrogens with zero attached hydrogens (tertiary/aromatic N) is 2. The summed E-state index contributed by atoms with van der Waals surface area (Å²) in [6, 6.07) is 9.29. The van der Waals surface area contributed by atoms with Crippen LogP contribution < -0.4 is 0 Å². The Kier molecular flexibility index (Phi) is 5.38. The number of esters is 1. The molecule has 0 aliphatic carbocycles. The second kappa shape index (κ2) is 7.70. The van der Waals surface area contributed by atoms with E-state index in [0.29, 0.717) is 28.6 Å². The van der Waals surface area contributed by atoms with Gasteiger partial charge in [-0.15, -0.1) is 0 Å². The van der Waals surface area contributed by atoms with E-state index in [-0.39, 0.29) is 12.5 Å². The monoisotopic (exact) mass is 356 g/mol. The molecule has 1 aromatic rings. The van der Waals surface area contributed by atoms with Gasteiger partial charge in [-0.05, 0) is 19.4 Å². The maximum absolute atomic E-state index is 12.5. The SMILES string of the molecule is CCOC(=O)C1=C(C)N=C2SCCC(=O)N2[C@@H]1/C=C/c1ccccc1. The smallest absolute Gasteiger partial charge is 0.338 e. The molecule has 0 spiro atoms. The summed E-state index contributed by atoms with van der Waals surface area (Å²) in [6.45, 7) is 3.84. The molecule has 1 fully saturated rings. The van der Waals surface area contributed by atoms with Gasteiger partial charge in [-0.2, -0.15) is 0 Å². The predicted molar refractivity (Wildman–Crippen MR) is 100.0 cm³/mol. The molecule has 2 heterocycles. The third-order valence-electron chi connectivity index (χ3n) is 4.01. The summed E-state index contributed by atoms with van der Waals surface area (Å²) in [6.07, 6.45) is 4.24. The zero-order valence-electron chi connectivity index (χ0n) is 14.3. The molecular weight excluding hydrogens is 336 g/mol. The van der Waals surface area contributed by atoms with Crippen molar-refractivity contribution in [3.8, 4) is 0 Å². The van der Waals surface area contributed by atoms with Crippen LogP contribution in [-0.4, -0.2) is 40.3 Å². The van der Waals surface area contributed by atoms with Crippen LogP contribution in [0.4, 0.5) is 0 Å². The summed E-state index contributed by atoms with van der Waals surface area (Å²) in [5, 5.41) is 0.657. The number of rotatable bonds is 4. The van der Waals surface area contributed by atoms with Crippen LogP contribution in [0.1, 0.15) is 25.8 Å². The van der Waals surface area contributed by atoms with Crippen LogP contribution in [-0.2, 0) is 14.3 Å². The Morgan fingerprint density at radius 1 is 1.40 bits per heavy atom. The summed E-state index contributed by atoms with van der Waals surface area (Å²) < 4.78 is 5.20. The number of carbonyl (C=O) groups excluding carboxylic acids is 2. The fourth-order valence-corrected chi connectivity index (χ4v) is 3.87. The van der Waals surface area contributed by atoms with Gasteiger partial charge in [-0.25, -0.2) is 9.79 Å². The Labute approximate surface area is 151 Å². The number of aliphatic imine (C=N–C) groups is 1. The van der Waals surface area contributed by atoms with Gasteiger partial charge in [-0.3, -0.25) is 9.69 Å². The molecule has 0 aromatic heterocycles. The minimum Gasteiger partial charge on any atom is -0.463 e. The van der Waals surface area contributed by atoms with E-state index in [4.69, 9.17) is 4.74 Å². The molecule has 6 heteroatoms. The van der Waals surface area contributed by atoms with E-state index in [0.717, 1.165) is 5.56 Å². The van der Waals surface area contributed by atoms with Gasteiger partial charge >= 0.3 is 5.97 Å². The number of ether oxygens (including phenoxy) is 1. The van der Waals surface area contributed by atoms with E-state index >= 15 is 0 Å². The van der Waals surface area contributed by atoms with Gasteiger partial charge in [0.1, 0.15) is 0 Å². The molecule has 2 aliphatic rings. The standard InChI is InChI=1S/C19H20N2O3S/c1-3-24-18(23)17-13(2)20-19-21(16(22)11-12-25-19)15(17)10-9-14-7-5-4-6-8-14/h4-10,15H,3,11-12H2,1-2H3/b10-9+/t15-/m1/s1. The Balaban J connectivity index is 2.02.